The van der Waals surface area contributed by atoms with E-state index in [-0.39, 0.29) is 52.4 Å². The van der Waals surface area contributed by atoms with Gasteiger partial charge in [0.15, 0.2) is 0 Å². The molecule has 14 heavy (non-hydrogen) atoms. The van der Waals surface area contributed by atoms with E-state index in [0.29, 0.717) is 0 Å². The Morgan fingerprint density at radius 2 is 0.500 bits per heavy atom. The van der Waals surface area contributed by atoms with Crippen molar-refractivity contribution in [2.75, 3.05) is 0 Å². The normalized spacial score (nSPS) is 7.50. The molecule has 0 saturated carbocycles. The standard InChI is InChI=1S/2Bi.3H2O3S/c;;3*1-4(2)3/h;;3*(H2,1,2,3). The molecule has 0 rings (SSSR count). The topological polar surface area (TPSA) is 173 Å². The van der Waals surface area contributed by atoms with Crippen molar-refractivity contribution in [1.82, 2.24) is 0 Å². The summed E-state index contributed by atoms with van der Waals surface area (Å²) in [6, 6.07) is 0. The Morgan fingerprint density at radius 1 is 0.500 bits per heavy atom. The molecule has 0 unspecified atom stereocenters. The third-order valence-electron chi connectivity index (χ3n) is 0. The van der Waals surface area contributed by atoms with Gasteiger partial charge < -0.3 is 0 Å². The SMILES string of the molecule is O=S(O)O.O=S(O)O.O=S(O)O.[Bi].[Bi]. The smallest absolute Gasteiger partial charge is 0.284 e. The fourth-order valence-corrected chi connectivity index (χ4v) is 0. The van der Waals surface area contributed by atoms with Crippen molar-refractivity contribution in [1.29, 1.82) is 0 Å². The van der Waals surface area contributed by atoms with Crippen LogP contribution in [0, 0.1) is 0 Å². The second-order valence-electron chi connectivity index (χ2n) is 0.692. The van der Waals surface area contributed by atoms with Gasteiger partial charge in [0.2, 0.25) is 0 Å². The van der Waals surface area contributed by atoms with Crippen LogP contribution in [-0.2, 0) is 34.1 Å². The van der Waals surface area contributed by atoms with Crippen LogP contribution in [0.1, 0.15) is 0 Å². The molecular weight excluding hydrogens is 658 g/mol. The zero-order chi connectivity index (χ0) is 10.7. The van der Waals surface area contributed by atoms with Gasteiger partial charge in [0.1, 0.15) is 0 Å². The Kier molecular flexibility index (Phi) is 51.6. The molecule has 6 N–H and O–H groups in total. The Morgan fingerprint density at radius 3 is 0.500 bits per heavy atom. The summed E-state index contributed by atoms with van der Waals surface area (Å²) in [5.41, 5.74) is 0. The first-order valence-electron chi connectivity index (χ1n) is 1.60. The Balaban J connectivity index is -0.0000000270. The molecule has 0 bridgehead atoms. The summed E-state index contributed by atoms with van der Waals surface area (Å²) >= 11 is -7.83. The summed E-state index contributed by atoms with van der Waals surface area (Å²) in [7, 11) is 0. The van der Waals surface area contributed by atoms with Crippen molar-refractivity contribution in [3.8, 4) is 0 Å². The summed E-state index contributed by atoms with van der Waals surface area (Å²) in [6.45, 7) is 0. The predicted octanol–water partition coefficient (Wildman–Crippen LogP) is -1.72. The Labute approximate surface area is 125 Å². The third-order valence-corrected chi connectivity index (χ3v) is 0. The van der Waals surface area contributed by atoms with Crippen molar-refractivity contribution >= 4 is 86.5 Å². The summed E-state index contributed by atoms with van der Waals surface area (Å²) < 4.78 is 68.5. The van der Waals surface area contributed by atoms with E-state index in [0.717, 1.165) is 0 Å². The molecule has 0 aromatic rings. The fraction of sp³-hybridized carbons (Fsp3) is 0. The molecule has 0 aliphatic heterocycles. The quantitative estimate of drug-likeness (QED) is 0.130. The number of rotatable bonds is 0. The molecule has 0 aromatic heterocycles. The van der Waals surface area contributed by atoms with Crippen LogP contribution in [-0.4, -0.2) is 92.4 Å². The molecule has 0 amide bonds. The maximum atomic E-state index is 8.67. The van der Waals surface area contributed by atoms with E-state index in [2.05, 4.69) is 0 Å². The van der Waals surface area contributed by atoms with Crippen LogP contribution in [0.2, 0.25) is 0 Å². The molecule has 0 aromatic carbocycles. The van der Waals surface area contributed by atoms with Crippen LogP contribution >= 0.6 is 0 Å². The van der Waals surface area contributed by atoms with Crippen molar-refractivity contribution in [3.63, 3.8) is 0 Å². The van der Waals surface area contributed by atoms with Gasteiger partial charge in [0.05, 0.1) is 0 Å². The molecule has 0 saturated heterocycles. The molecule has 88 valence electrons. The minimum atomic E-state index is -2.61. The molecule has 0 aliphatic carbocycles. The molecule has 0 fully saturated rings. The van der Waals surface area contributed by atoms with E-state index in [1.807, 2.05) is 0 Å². The second kappa shape index (κ2) is 24.3. The third kappa shape index (κ3) is 603. The first kappa shape index (κ1) is 29.7. The maximum absolute atomic E-state index is 8.67. The van der Waals surface area contributed by atoms with Crippen molar-refractivity contribution < 1.29 is 39.9 Å². The first-order chi connectivity index (χ1) is 5.20. The van der Waals surface area contributed by atoms with Crippen LogP contribution < -0.4 is 0 Å². The van der Waals surface area contributed by atoms with Gasteiger partial charge in [0, 0.05) is 52.4 Å². The van der Waals surface area contributed by atoms with E-state index in [1.54, 1.807) is 0 Å². The predicted molar refractivity (Wildman–Crippen MR) is 51.7 cm³/mol. The van der Waals surface area contributed by atoms with E-state index >= 15 is 0 Å². The van der Waals surface area contributed by atoms with Crippen molar-refractivity contribution in [2.24, 2.45) is 0 Å². The Hall–Kier alpha value is 1.98. The summed E-state index contributed by atoms with van der Waals surface area (Å²) in [6.07, 6.45) is 0. The summed E-state index contributed by atoms with van der Waals surface area (Å²) in [5, 5.41) is 0. The zero-order valence-corrected chi connectivity index (χ0v) is 15.4. The summed E-state index contributed by atoms with van der Waals surface area (Å²) in [4.78, 5) is 0. The maximum Gasteiger partial charge on any atom is 0.299 e. The van der Waals surface area contributed by atoms with Gasteiger partial charge in [0.25, 0.3) is 34.1 Å². The molecule has 14 heteroatoms. The zero-order valence-electron chi connectivity index (χ0n) is 6.03. The Bertz CT molecular complexity index is 116. The molecule has 9 nitrogen and oxygen atoms in total. The van der Waals surface area contributed by atoms with Crippen LogP contribution in [0.25, 0.3) is 0 Å². The molecule has 0 heterocycles. The van der Waals surface area contributed by atoms with Gasteiger partial charge in [-0.05, 0) is 0 Å². The first-order valence-corrected chi connectivity index (χ1v) is 4.79. The fourth-order valence-electron chi connectivity index (χ4n) is 0. The van der Waals surface area contributed by atoms with Gasteiger partial charge in [-0.3, -0.25) is 27.3 Å². The van der Waals surface area contributed by atoms with Crippen LogP contribution in [0.15, 0.2) is 0 Å². The minimum absolute atomic E-state index is 0. The molecule has 0 spiro atoms. The van der Waals surface area contributed by atoms with Gasteiger partial charge in [-0.1, -0.05) is 0 Å². The van der Waals surface area contributed by atoms with Crippen molar-refractivity contribution in [2.45, 2.75) is 0 Å². The van der Waals surface area contributed by atoms with E-state index in [4.69, 9.17) is 39.9 Å². The molecule has 6 radical (unpaired) electrons. The average molecular weight is 664 g/mol. The minimum Gasteiger partial charge on any atom is -0.284 e. The molecule has 0 atom stereocenters. The average Bonchev–Trinajstić information content (AvgIpc) is 1.54. The monoisotopic (exact) mass is 664 g/mol. The second-order valence-corrected chi connectivity index (χ2v) is 2.08. The van der Waals surface area contributed by atoms with Crippen LogP contribution in [0.3, 0.4) is 0 Å². The van der Waals surface area contributed by atoms with Crippen LogP contribution in [0.4, 0.5) is 0 Å². The van der Waals surface area contributed by atoms with Crippen molar-refractivity contribution in [3.05, 3.63) is 0 Å². The molecular formula is H6Bi2O9S3. The summed E-state index contributed by atoms with van der Waals surface area (Å²) in [5.74, 6) is 0. The van der Waals surface area contributed by atoms with Gasteiger partial charge in [-0.25, -0.2) is 0 Å². The largest absolute Gasteiger partial charge is 0.299 e. The van der Waals surface area contributed by atoms with Gasteiger partial charge in [-0.15, -0.1) is 0 Å². The number of hydrogen-bond acceptors (Lipinski definition) is 3. The van der Waals surface area contributed by atoms with E-state index in [1.165, 1.54) is 0 Å². The molecule has 0 aliphatic rings. The van der Waals surface area contributed by atoms with Crippen LogP contribution in [0.5, 0.6) is 0 Å². The van der Waals surface area contributed by atoms with Gasteiger partial charge in [-0.2, -0.15) is 12.6 Å². The van der Waals surface area contributed by atoms with Gasteiger partial charge >= 0.3 is 0 Å². The van der Waals surface area contributed by atoms with E-state index in [9.17, 15) is 0 Å². The van der Waals surface area contributed by atoms with E-state index < -0.39 is 34.1 Å². The number of hydrogen-bond donors (Lipinski definition) is 6.